The first-order valence-electron chi connectivity index (χ1n) is 10.7. The normalized spacial score (nSPS) is 12.2. The minimum absolute atomic E-state index is 0.215. The number of nitrogens with zero attached hydrogens (tertiary/aromatic N) is 4. The first kappa shape index (κ1) is 21.5. The molecular formula is C24H28N6O2. The minimum Gasteiger partial charge on any atom is -0.363 e. The van der Waals surface area contributed by atoms with Crippen molar-refractivity contribution >= 4 is 22.6 Å². The van der Waals surface area contributed by atoms with Gasteiger partial charge in [0, 0.05) is 43.7 Å². The third kappa shape index (κ3) is 4.21. The van der Waals surface area contributed by atoms with Crippen LogP contribution in [-0.4, -0.2) is 40.1 Å². The van der Waals surface area contributed by atoms with Gasteiger partial charge in [-0.2, -0.15) is 0 Å². The molecule has 8 nitrogen and oxygen atoms in total. The van der Waals surface area contributed by atoms with E-state index in [2.05, 4.69) is 31.5 Å². The number of carbonyl (C=O) groups excluding carboxylic acids is 1. The van der Waals surface area contributed by atoms with E-state index in [9.17, 15) is 4.79 Å². The van der Waals surface area contributed by atoms with Crippen LogP contribution >= 0.6 is 0 Å². The van der Waals surface area contributed by atoms with Crippen LogP contribution in [0.15, 0.2) is 41.1 Å². The molecular weight excluding hydrogens is 404 g/mol. The molecule has 0 spiro atoms. The summed E-state index contributed by atoms with van der Waals surface area (Å²) in [6.07, 6.45) is 3.18. The number of fused-ring (bicyclic) bond motifs is 1. The Balaban J connectivity index is 1.74. The molecule has 3 heterocycles. The smallest absolute Gasteiger partial charge is 0.257 e. The van der Waals surface area contributed by atoms with Gasteiger partial charge in [0.15, 0.2) is 0 Å². The molecule has 166 valence electrons. The summed E-state index contributed by atoms with van der Waals surface area (Å²) in [5.41, 5.74) is 4.07. The summed E-state index contributed by atoms with van der Waals surface area (Å²) in [5.74, 6) is 1.74. The van der Waals surface area contributed by atoms with E-state index in [1.165, 1.54) is 0 Å². The Morgan fingerprint density at radius 2 is 2.00 bits per heavy atom. The van der Waals surface area contributed by atoms with Crippen molar-refractivity contribution in [3.05, 3.63) is 70.6 Å². The van der Waals surface area contributed by atoms with Gasteiger partial charge >= 0.3 is 0 Å². The number of aryl methyl sites for hydroxylation is 3. The van der Waals surface area contributed by atoms with Crippen LogP contribution in [0.1, 0.15) is 51.9 Å². The van der Waals surface area contributed by atoms with Crippen LogP contribution in [-0.2, 0) is 12.8 Å². The van der Waals surface area contributed by atoms with Gasteiger partial charge in [-0.05, 0) is 31.9 Å². The van der Waals surface area contributed by atoms with Gasteiger partial charge in [0.1, 0.15) is 23.0 Å². The number of nitrogens with one attached hydrogen (secondary N) is 2. The van der Waals surface area contributed by atoms with Crippen LogP contribution in [0.5, 0.6) is 0 Å². The van der Waals surface area contributed by atoms with Gasteiger partial charge in [0.2, 0.25) is 0 Å². The van der Waals surface area contributed by atoms with E-state index in [4.69, 9.17) is 4.52 Å². The van der Waals surface area contributed by atoms with E-state index >= 15 is 0 Å². The second kappa shape index (κ2) is 8.82. The topological polar surface area (TPSA) is 99.9 Å². The highest BCUT2D eigenvalue weighted by Gasteiger charge is 2.25. The summed E-state index contributed by atoms with van der Waals surface area (Å²) < 4.78 is 5.28. The quantitative estimate of drug-likeness (QED) is 0.459. The zero-order valence-corrected chi connectivity index (χ0v) is 19.1. The second-order valence-electron chi connectivity index (χ2n) is 8.10. The number of H-pyrrole nitrogens is 1. The predicted octanol–water partition coefficient (Wildman–Crippen LogP) is 3.90. The molecule has 32 heavy (non-hydrogen) atoms. The zero-order valence-electron chi connectivity index (χ0n) is 19.1. The Labute approximate surface area is 187 Å². The number of para-hydroxylation sites is 1. The number of benzene rings is 1. The molecule has 0 saturated heterocycles. The number of hydrogen-bond acceptors (Lipinski definition) is 6. The molecule has 2 N–H and O–H groups in total. The zero-order chi connectivity index (χ0) is 22.8. The monoisotopic (exact) mass is 432 g/mol. The van der Waals surface area contributed by atoms with Crippen LogP contribution in [0, 0.1) is 13.8 Å². The van der Waals surface area contributed by atoms with Crippen molar-refractivity contribution in [2.45, 2.75) is 39.7 Å². The van der Waals surface area contributed by atoms with Crippen LogP contribution in [0.25, 0.3) is 10.9 Å². The van der Waals surface area contributed by atoms with Crippen molar-refractivity contribution in [3.8, 4) is 0 Å². The lowest BCUT2D eigenvalue weighted by molar-refractivity contribution is 0.0933. The number of rotatable bonds is 7. The Morgan fingerprint density at radius 3 is 2.75 bits per heavy atom. The standard InChI is InChI=1S/C24H28N6O2/c1-6-18-23(14(2)32-29-18)24(31)28-20(21-12-22(30(4)5)27-15(3)26-21)11-16-13-25-19-10-8-7-9-17(16)19/h7-10,12-13,20,25H,6,11H2,1-5H3,(H,28,31). The SMILES string of the molecule is CCc1noc(C)c1C(=O)NC(Cc1c[nH]c2ccccc12)c1cc(N(C)C)nc(C)n1. The molecule has 4 aromatic rings. The van der Waals surface area contributed by atoms with Crippen molar-refractivity contribution in [1.82, 2.24) is 25.4 Å². The number of carbonyl (C=O) groups is 1. The van der Waals surface area contributed by atoms with Crippen LogP contribution < -0.4 is 10.2 Å². The van der Waals surface area contributed by atoms with Gasteiger partial charge in [-0.1, -0.05) is 30.3 Å². The fraction of sp³-hybridized carbons (Fsp3) is 0.333. The highest BCUT2D eigenvalue weighted by atomic mass is 16.5. The Kier molecular flexibility index (Phi) is 5.94. The molecule has 8 heteroatoms. The van der Waals surface area contributed by atoms with Gasteiger partial charge in [-0.25, -0.2) is 9.97 Å². The summed E-state index contributed by atoms with van der Waals surface area (Å²) in [7, 11) is 3.87. The van der Waals surface area contributed by atoms with E-state index in [1.54, 1.807) is 6.92 Å². The maximum atomic E-state index is 13.3. The molecule has 3 aromatic heterocycles. The predicted molar refractivity (Wildman–Crippen MR) is 124 cm³/mol. The number of hydrogen-bond donors (Lipinski definition) is 2. The van der Waals surface area contributed by atoms with Gasteiger partial charge < -0.3 is 19.7 Å². The van der Waals surface area contributed by atoms with E-state index in [0.717, 1.165) is 28.0 Å². The summed E-state index contributed by atoms with van der Waals surface area (Å²) in [5, 5.41) is 8.34. The Bertz CT molecular complexity index is 1260. The van der Waals surface area contributed by atoms with Crippen LogP contribution in [0.4, 0.5) is 5.82 Å². The van der Waals surface area contributed by atoms with E-state index in [0.29, 0.717) is 35.7 Å². The van der Waals surface area contributed by atoms with Crippen LogP contribution in [0.2, 0.25) is 0 Å². The lowest BCUT2D eigenvalue weighted by Gasteiger charge is -2.21. The molecule has 1 atom stereocenters. The average Bonchev–Trinajstić information content (AvgIpc) is 3.36. The van der Waals surface area contributed by atoms with Gasteiger partial charge in [-0.15, -0.1) is 0 Å². The molecule has 0 fully saturated rings. The fourth-order valence-electron chi connectivity index (χ4n) is 3.91. The Morgan fingerprint density at radius 1 is 1.22 bits per heavy atom. The van der Waals surface area contributed by atoms with E-state index < -0.39 is 0 Å². The number of anilines is 1. The maximum Gasteiger partial charge on any atom is 0.257 e. The van der Waals surface area contributed by atoms with E-state index in [1.807, 2.05) is 63.3 Å². The van der Waals surface area contributed by atoms with Crippen molar-refractivity contribution in [2.75, 3.05) is 19.0 Å². The summed E-state index contributed by atoms with van der Waals surface area (Å²) >= 11 is 0. The third-order valence-electron chi connectivity index (χ3n) is 5.56. The molecule has 0 bridgehead atoms. The number of aromatic nitrogens is 4. The molecule has 0 aliphatic heterocycles. The number of amides is 1. The average molecular weight is 433 g/mol. The third-order valence-corrected chi connectivity index (χ3v) is 5.56. The van der Waals surface area contributed by atoms with Crippen molar-refractivity contribution in [1.29, 1.82) is 0 Å². The summed E-state index contributed by atoms with van der Waals surface area (Å²) in [6, 6.07) is 9.70. The highest BCUT2D eigenvalue weighted by molar-refractivity contribution is 5.96. The van der Waals surface area contributed by atoms with Gasteiger partial charge in [0.25, 0.3) is 5.91 Å². The molecule has 0 radical (unpaired) electrons. The molecule has 0 saturated carbocycles. The van der Waals surface area contributed by atoms with Crippen molar-refractivity contribution in [2.24, 2.45) is 0 Å². The molecule has 0 aliphatic carbocycles. The number of aromatic amines is 1. The molecule has 1 amide bonds. The molecule has 1 unspecified atom stereocenters. The van der Waals surface area contributed by atoms with Crippen molar-refractivity contribution < 1.29 is 9.32 Å². The van der Waals surface area contributed by atoms with Gasteiger partial charge in [0.05, 0.1) is 17.4 Å². The lowest BCUT2D eigenvalue weighted by atomic mass is 10.0. The highest BCUT2D eigenvalue weighted by Crippen LogP contribution is 2.26. The molecule has 1 aromatic carbocycles. The lowest BCUT2D eigenvalue weighted by Crippen LogP contribution is -2.32. The second-order valence-corrected chi connectivity index (χ2v) is 8.10. The molecule has 0 aliphatic rings. The minimum atomic E-state index is -0.360. The van der Waals surface area contributed by atoms with Crippen LogP contribution in [0.3, 0.4) is 0 Å². The maximum absolute atomic E-state index is 13.3. The van der Waals surface area contributed by atoms with Gasteiger partial charge in [-0.3, -0.25) is 4.79 Å². The van der Waals surface area contributed by atoms with E-state index in [-0.39, 0.29) is 11.9 Å². The fourth-order valence-corrected chi connectivity index (χ4v) is 3.91. The molecule has 4 rings (SSSR count). The summed E-state index contributed by atoms with van der Waals surface area (Å²) in [4.78, 5) is 27.7. The first-order chi connectivity index (χ1) is 15.4. The summed E-state index contributed by atoms with van der Waals surface area (Å²) in [6.45, 7) is 5.57. The van der Waals surface area contributed by atoms with Crippen molar-refractivity contribution in [3.63, 3.8) is 0 Å². The largest absolute Gasteiger partial charge is 0.363 e. The Hall–Kier alpha value is -3.68. The first-order valence-corrected chi connectivity index (χ1v) is 10.7.